The van der Waals surface area contributed by atoms with Gasteiger partial charge in [-0.05, 0) is 55.7 Å². The van der Waals surface area contributed by atoms with Gasteiger partial charge in [0.05, 0.1) is 6.61 Å². The quantitative estimate of drug-likeness (QED) is 0.604. The zero-order valence-electron chi connectivity index (χ0n) is 13.0. The molecule has 1 aromatic rings. The maximum absolute atomic E-state index is 13.4. The van der Waals surface area contributed by atoms with E-state index >= 15 is 0 Å². The Hall–Kier alpha value is -1.33. The minimum absolute atomic E-state index is 0.0375. The molecule has 0 N–H and O–H groups in total. The van der Waals surface area contributed by atoms with Crippen LogP contribution in [0.25, 0.3) is 0 Å². The van der Waals surface area contributed by atoms with Gasteiger partial charge in [-0.3, -0.25) is 0 Å². The lowest BCUT2D eigenvalue weighted by Gasteiger charge is -2.34. The van der Waals surface area contributed by atoms with Crippen molar-refractivity contribution in [2.75, 3.05) is 6.61 Å². The average molecular weight is 336 g/mol. The number of rotatable bonds is 5. The molecule has 0 heterocycles. The Morgan fingerprint density at radius 1 is 0.957 bits per heavy atom. The van der Waals surface area contributed by atoms with Gasteiger partial charge in [0.25, 0.3) is 0 Å². The van der Waals surface area contributed by atoms with Gasteiger partial charge in [-0.25, -0.2) is 0 Å². The van der Waals surface area contributed by atoms with Gasteiger partial charge >= 0.3 is 12.1 Å². The second-order valence-corrected chi connectivity index (χ2v) is 6.09. The predicted octanol–water partition coefficient (Wildman–Crippen LogP) is 5.95. The second-order valence-electron chi connectivity index (χ2n) is 6.09. The van der Waals surface area contributed by atoms with Gasteiger partial charge in [0.1, 0.15) is 5.75 Å². The third-order valence-electron chi connectivity index (χ3n) is 4.44. The molecule has 1 nitrogen and oxygen atoms in total. The molecule has 130 valence electrons. The summed E-state index contributed by atoms with van der Waals surface area (Å²) in [6.45, 7) is 2.63. The SMILES string of the molecule is CCCOc1ccc(C2CCC(C(F)(F)C(F)(F)F)CC2)cc1. The highest BCUT2D eigenvalue weighted by molar-refractivity contribution is 5.29. The number of hydrogen-bond acceptors (Lipinski definition) is 1. The molecule has 0 amide bonds. The van der Waals surface area contributed by atoms with Crippen LogP contribution in [0.4, 0.5) is 22.0 Å². The van der Waals surface area contributed by atoms with E-state index < -0.39 is 18.0 Å². The Morgan fingerprint density at radius 2 is 1.52 bits per heavy atom. The van der Waals surface area contributed by atoms with Crippen molar-refractivity contribution in [3.63, 3.8) is 0 Å². The minimum Gasteiger partial charge on any atom is -0.494 e. The highest BCUT2D eigenvalue weighted by Gasteiger charge is 2.62. The standard InChI is InChI=1S/C17H21F5O/c1-2-11-23-15-9-5-13(6-10-15)12-3-7-14(8-4-12)16(18,19)17(20,21)22/h5-6,9-10,12,14H,2-4,7-8,11H2,1H3. The van der Waals surface area contributed by atoms with Gasteiger partial charge in [-0.2, -0.15) is 22.0 Å². The van der Waals surface area contributed by atoms with E-state index in [0.717, 1.165) is 17.7 Å². The van der Waals surface area contributed by atoms with Crippen LogP contribution < -0.4 is 4.74 Å². The Morgan fingerprint density at radius 3 is 2.00 bits per heavy atom. The molecular weight excluding hydrogens is 315 g/mol. The first-order valence-corrected chi connectivity index (χ1v) is 7.93. The number of hydrogen-bond donors (Lipinski definition) is 0. The van der Waals surface area contributed by atoms with Crippen molar-refractivity contribution in [2.24, 2.45) is 5.92 Å². The molecule has 0 bridgehead atoms. The topological polar surface area (TPSA) is 9.23 Å². The van der Waals surface area contributed by atoms with Gasteiger partial charge in [0.2, 0.25) is 0 Å². The molecule has 1 saturated carbocycles. The number of alkyl halides is 5. The van der Waals surface area contributed by atoms with Crippen molar-refractivity contribution in [1.82, 2.24) is 0 Å². The zero-order chi connectivity index (χ0) is 17.1. The van der Waals surface area contributed by atoms with Crippen molar-refractivity contribution in [3.05, 3.63) is 29.8 Å². The highest BCUT2D eigenvalue weighted by atomic mass is 19.4. The predicted molar refractivity (Wildman–Crippen MR) is 77.9 cm³/mol. The van der Waals surface area contributed by atoms with Crippen LogP contribution in [0.15, 0.2) is 24.3 Å². The van der Waals surface area contributed by atoms with E-state index in [9.17, 15) is 22.0 Å². The first kappa shape index (κ1) is 18.0. The van der Waals surface area contributed by atoms with Gasteiger partial charge in [0.15, 0.2) is 0 Å². The fourth-order valence-electron chi connectivity index (χ4n) is 3.08. The van der Waals surface area contributed by atoms with E-state index in [1.165, 1.54) is 0 Å². The van der Waals surface area contributed by atoms with Crippen LogP contribution >= 0.6 is 0 Å². The molecule has 2 rings (SSSR count). The van der Waals surface area contributed by atoms with Crippen LogP contribution in [-0.4, -0.2) is 18.7 Å². The third-order valence-corrected chi connectivity index (χ3v) is 4.44. The molecule has 0 saturated heterocycles. The fourth-order valence-corrected chi connectivity index (χ4v) is 3.08. The number of halogens is 5. The van der Waals surface area contributed by atoms with Crippen LogP contribution in [0.1, 0.15) is 50.5 Å². The maximum atomic E-state index is 13.4. The lowest BCUT2D eigenvalue weighted by Crippen LogP contribution is -2.44. The summed E-state index contributed by atoms with van der Waals surface area (Å²) in [5.41, 5.74) is 0.975. The van der Waals surface area contributed by atoms with Crippen molar-refractivity contribution in [1.29, 1.82) is 0 Å². The van der Waals surface area contributed by atoms with E-state index in [4.69, 9.17) is 4.74 Å². The molecule has 6 heteroatoms. The normalized spacial score (nSPS) is 22.9. The first-order valence-electron chi connectivity index (χ1n) is 7.93. The van der Waals surface area contributed by atoms with E-state index in [1.807, 2.05) is 31.2 Å². The summed E-state index contributed by atoms with van der Waals surface area (Å²) in [7, 11) is 0. The van der Waals surface area contributed by atoms with Crippen LogP contribution in [-0.2, 0) is 0 Å². The minimum atomic E-state index is -5.46. The average Bonchev–Trinajstić information content (AvgIpc) is 2.52. The summed E-state index contributed by atoms with van der Waals surface area (Å²) in [4.78, 5) is 0. The van der Waals surface area contributed by atoms with Crippen LogP contribution in [0, 0.1) is 5.92 Å². The van der Waals surface area contributed by atoms with E-state index in [2.05, 4.69) is 0 Å². The zero-order valence-corrected chi connectivity index (χ0v) is 13.0. The molecule has 1 aliphatic carbocycles. The second kappa shape index (κ2) is 7.05. The van der Waals surface area contributed by atoms with Gasteiger partial charge in [0, 0.05) is 5.92 Å². The monoisotopic (exact) mass is 336 g/mol. The summed E-state index contributed by atoms with van der Waals surface area (Å²) < 4.78 is 69.5. The highest BCUT2D eigenvalue weighted by Crippen LogP contribution is 2.49. The lowest BCUT2D eigenvalue weighted by atomic mass is 9.76. The maximum Gasteiger partial charge on any atom is 0.453 e. The molecule has 0 radical (unpaired) electrons. The Labute approximate surface area is 132 Å². The molecule has 0 unspecified atom stereocenters. The largest absolute Gasteiger partial charge is 0.494 e. The summed E-state index contributed by atoms with van der Waals surface area (Å²) in [5.74, 6) is -5.41. The molecule has 0 atom stereocenters. The molecule has 1 aromatic carbocycles. The molecule has 23 heavy (non-hydrogen) atoms. The summed E-state index contributed by atoms with van der Waals surface area (Å²) >= 11 is 0. The molecular formula is C17H21F5O. The van der Waals surface area contributed by atoms with Crippen LogP contribution in [0.5, 0.6) is 5.75 Å². The third kappa shape index (κ3) is 4.15. The van der Waals surface area contributed by atoms with Crippen molar-refractivity contribution >= 4 is 0 Å². The van der Waals surface area contributed by atoms with Crippen molar-refractivity contribution < 1.29 is 26.7 Å². The number of ether oxygens (including phenoxy) is 1. The van der Waals surface area contributed by atoms with Gasteiger partial charge in [-0.1, -0.05) is 19.1 Å². The van der Waals surface area contributed by atoms with Crippen molar-refractivity contribution in [3.8, 4) is 5.75 Å². The fraction of sp³-hybridized carbons (Fsp3) is 0.647. The molecule has 0 aromatic heterocycles. The van der Waals surface area contributed by atoms with E-state index in [-0.39, 0.29) is 18.8 Å². The summed E-state index contributed by atoms with van der Waals surface area (Å²) in [5, 5.41) is 0. The number of benzene rings is 1. The Kier molecular flexibility index (Phi) is 5.53. The molecule has 1 aliphatic rings. The molecule has 0 spiro atoms. The van der Waals surface area contributed by atoms with Crippen LogP contribution in [0.2, 0.25) is 0 Å². The van der Waals surface area contributed by atoms with E-state index in [1.54, 1.807) is 0 Å². The summed E-state index contributed by atoms with van der Waals surface area (Å²) in [6, 6.07) is 7.39. The van der Waals surface area contributed by atoms with Gasteiger partial charge < -0.3 is 4.74 Å². The Balaban J connectivity index is 1.94. The molecule has 1 fully saturated rings. The molecule has 0 aliphatic heterocycles. The first-order chi connectivity index (χ1) is 10.8. The van der Waals surface area contributed by atoms with Gasteiger partial charge in [-0.15, -0.1) is 0 Å². The van der Waals surface area contributed by atoms with E-state index in [0.29, 0.717) is 19.4 Å². The van der Waals surface area contributed by atoms with Crippen LogP contribution in [0.3, 0.4) is 0 Å². The Bertz CT molecular complexity index is 487. The summed E-state index contributed by atoms with van der Waals surface area (Å²) in [6.07, 6.45) is -4.06. The van der Waals surface area contributed by atoms with Crippen molar-refractivity contribution in [2.45, 2.75) is 57.0 Å². The lowest BCUT2D eigenvalue weighted by molar-refractivity contribution is -0.305. The smallest absolute Gasteiger partial charge is 0.453 e.